The van der Waals surface area contributed by atoms with Gasteiger partial charge < -0.3 is 0 Å². The highest BCUT2D eigenvalue weighted by atomic mass is 15.1. The van der Waals surface area contributed by atoms with E-state index >= 15 is 0 Å². The van der Waals surface area contributed by atoms with Gasteiger partial charge in [-0.2, -0.15) is 5.10 Å². The van der Waals surface area contributed by atoms with E-state index in [0.29, 0.717) is 0 Å². The molecule has 0 atom stereocenters. The second-order valence-corrected chi connectivity index (χ2v) is 0.853. The summed E-state index contributed by atoms with van der Waals surface area (Å²) in [6.07, 6.45) is 4.14. The van der Waals surface area contributed by atoms with Crippen LogP contribution in [-0.2, 0) is 0 Å². The van der Waals surface area contributed by atoms with Gasteiger partial charge in [0, 0.05) is 6.20 Å². The summed E-state index contributed by atoms with van der Waals surface area (Å²) in [4.78, 5) is 0. The Labute approximate surface area is 37.3 Å². The number of rotatable bonds is 0. The fourth-order valence-corrected chi connectivity index (χ4v) is 0.225. The van der Waals surface area contributed by atoms with Crippen LogP contribution in [0.2, 0.25) is 0 Å². The lowest BCUT2D eigenvalue weighted by Crippen LogP contribution is -1.70. The molecule has 0 saturated carbocycles. The molecule has 1 rings (SSSR count). The molecule has 0 aromatic carbocycles. The maximum absolute atomic E-state index is 3.48. The zero-order valence-corrected chi connectivity index (χ0v) is 3.13. The zero-order chi connectivity index (χ0) is 4.24. The van der Waals surface area contributed by atoms with Gasteiger partial charge in [-0.05, 0) is 12.1 Å². The summed E-state index contributed by atoms with van der Waals surface area (Å²) in [5.41, 5.74) is 0. The van der Waals surface area contributed by atoms with Gasteiger partial charge in [-0.25, -0.2) is 0 Å². The van der Waals surface area contributed by atoms with Crippen molar-refractivity contribution in [1.29, 1.82) is 0 Å². The van der Waals surface area contributed by atoms with Crippen molar-refractivity contribution in [3.8, 4) is 0 Å². The average Bonchev–Trinajstić information content (AvgIpc) is 1.72. The van der Waals surface area contributed by atoms with Gasteiger partial charge in [0.05, 0.1) is 0 Å². The largest absolute Gasteiger partial charge is 1.00 e. The van der Waals surface area contributed by atoms with Crippen molar-refractivity contribution in [2.24, 2.45) is 0 Å². The summed E-state index contributed by atoms with van der Waals surface area (Å²) in [7, 11) is 0. The predicted octanol–water partition coefficient (Wildman–Crippen LogP) is 0.389. The van der Waals surface area contributed by atoms with Crippen LogP contribution in [0.15, 0.2) is 18.3 Å². The summed E-state index contributed by atoms with van der Waals surface area (Å²) >= 11 is 0. The maximum atomic E-state index is 3.48. The molecule has 0 aliphatic rings. The van der Waals surface area contributed by atoms with Crippen LogP contribution in [0.5, 0.6) is 0 Å². The lowest BCUT2D eigenvalue weighted by atomic mass is 10.6. The van der Waals surface area contributed by atoms with Crippen LogP contribution >= 0.6 is 0 Å². The Hall–Kier alpha value is -0.920. The van der Waals surface area contributed by atoms with E-state index < -0.39 is 0 Å². The standard InChI is InChI=1S/C4H3N2/c1-2-4-6-5-3-1/h1-3H/p+1. The van der Waals surface area contributed by atoms with E-state index in [1.165, 1.54) is 0 Å². The van der Waals surface area contributed by atoms with Crippen molar-refractivity contribution in [3.05, 3.63) is 24.5 Å². The second kappa shape index (κ2) is 1.50. The normalized spacial score (nSPS) is 8.00. The molecule has 1 heterocycles. The Balaban J connectivity index is 0.000000360. The molecular formula is C4H4N2+. The fraction of sp³-hybridized carbons (Fsp3) is 0. The number of hydrogen-bond donors (Lipinski definition) is 0. The van der Waals surface area contributed by atoms with Crippen molar-refractivity contribution < 1.29 is 1.43 Å². The van der Waals surface area contributed by atoms with Gasteiger partial charge in [0.25, 0.3) is 0 Å². The number of hydrogen-bond acceptors (Lipinski definition) is 2. The minimum absolute atomic E-state index is 0. The Morgan fingerprint density at radius 3 is 2.83 bits per heavy atom. The SMILES string of the molecule is [H+].[c]1cccnn1. The third-order valence-electron chi connectivity index (χ3n) is 0.439. The van der Waals surface area contributed by atoms with Gasteiger partial charge in [-0.15, -0.1) is 5.10 Å². The van der Waals surface area contributed by atoms with Gasteiger partial charge in [-0.3, -0.25) is 0 Å². The highest BCUT2D eigenvalue weighted by molar-refractivity contribution is 4.78. The molecule has 29 valence electrons. The van der Waals surface area contributed by atoms with Crippen molar-refractivity contribution in [2.45, 2.75) is 0 Å². The molecule has 0 N–H and O–H groups in total. The molecule has 0 bridgehead atoms. The molecule has 1 aromatic rings. The Morgan fingerprint density at radius 1 is 1.67 bits per heavy atom. The highest BCUT2D eigenvalue weighted by Crippen LogP contribution is 1.66. The van der Waals surface area contributed by atoms with E-state index in [1.54, 1.807) is 18.3 Å². The maximum Gasteiger partial charge on any atom is 1.00 e. The Bertz CT molecular complexity index is 81.6. The van der Waals surface area contributed by atoms with Crippen molar-refractivity contribution >= 4 is 0 Å². The van der Waals surface area contributed by atoms with E-state index in [9.17, 15) is 0 Å². The predicted molar refractivity (Wildman–Crippen MR) is 22.0 cm³/mol. The third-order valence-corrected chi connectivity index (χ3v) is 0.439. The molecule has 6 heavy (non-hydrogen) atoms. The van der Waals surface area contributed by atoms with Crippen molar-refractivity contribution in [2.75, 3.05) is 0 Å². The van der Waals surface area contributed by atoms with Gasteiger partial charge in [0.1, 0.15) is 6.20 Å². The fourth-order valence-electron chi connectivity index (χ4n) is 0.225. The Kier molecular flexibility index (Phi) is 0.819. The molecule has 0 saturated heterocycles. The summed E-state index contributed by atoms with van der Waals surface area (Å²) in [5, 5.41) is 6.89. The number of nitrogens with zero attached hydrogens (tertiary/aromatic N) is 2. The van der Waals surface area contributed by atoms with Gasteiger partial charge in [0.2, 0.25) is 0 Å². The van der Waals surface area contributed by atoms with Crippen LogP contribution < -0.4 is 0 Å². The molecule has 1 aromatic heterocycles. The van der Waals surface area contributed by atoms with Crippen molar-refractivity contribution in [1.82, 2.24) is 10.2 Å². The zero-order valence-electron chi connectivity index (χ0n) is 4.13. The first-order valence-corrected chi connectivity index (χ1v) is 1.64. The van der Waals surface area contributed by atoms with E-state index in [-0.39, 0.29) is 1.43 Å². The first-order valence-electron chi connectivity index (χ1n) is 1.64. The van der Waals surface area contributed by atoms with Crippen LogP contribution in [0.4, 0.5) is 0 Å². The molecule has 0 unspecified atom stereocenters. The first-order chi connectivity index (χ1) is 3.00. The molecule has 0 amide bonds. The monoisotopic (exact) mass is 80.0 g/mol. The Morgan fingerprint density at radius 2 is 2.67 bits per heavy atom. The molecule has 2 heteroatoms. The van der Waals surface area contributed by atoms with Gasteiger partial charge in [0.15, 0.2) is 0 Å². The van der Waals surface area contributed by atoms with Gasteiger partial charge in [-0.1, -0.05) is 0 Å². The number of aromatic nitrogens is 2. The molecule has 0 aliphatic carbocycles. The molecular weight excluding hydrogens is 76.1 g/mol. The van der Waals surface area contributed by atoms with E-state index in [2.05, 4.69) is 16.4 Å². The lowest BCUT2D eigenvalue weighted by Gasteiger charge is -1.67. The first kappa shape index (κ1) is 3.28. The smallest absolute Gasteiger partial charge is 0.158 e. The van der Waals surface area contributed by atoms with E-state index in [0.717, 1.165) is 0 Å². The minimum Gasteiger partial charge on any atom is -0.158 e. The summed E-state index contributed by atoms with van der Waals surface area (Å²) in [6, 6.07) is 3.47. The topological polar surface area (TPSA) is 25.8 Å². The lowest BCUT2D eigenvalue weighted by molar-refractivity contribution is 1.02. The van der Waals surface area contributed by atoms with Crippen LogP contribution in [-0.4, -0.2) is 10.2 Å². The molecule has 2 nitrogen and oxygen atoms in total. The molecule has 1 radical (unpaired) electrons. The summed E-state index contributed by atoms with van der Waals surface area (Å²) in [5.74, 6) is 0. The molecule has 0 spiro atoms. The van der Waals surface area contributed by atoms with E-state index in [1.807, 2.05) is 0 Å². The summed E-state index contributed by atoms with van der Waals surface area (Å²) in [6.45, 7) is 0. The highest BCUT2D eigenvalue weighted by Gasteiger charge is 1.61. The third kappa shape index (κ3) is 0.516. The molecule has 0 aliphatic heterocycles. The van der Waals surface area contributed by atoms with Gasteiger partial charge >= 0.3 is 1.43 Å². The second-order valence-electron chi connectivity index (χ2n) is 0.853. The van der Waals surface area contributed by atoms with Crippen LogP contribution in [0.25, 0.3) is 0 Å². The van der Waals surface area contributed by atoms with Crippen LogP contribution in [0, 0.1) is 6.20 Å². The summed E-state index contributed by atoms with van der Waals surface area (Å²) < 4.78 is 0. The quantitative estimate of drug-likeness (QED) is 0.450. The minimum atomic E-state index is 0. The average molecular weight is 80.1 g/mol. The van der Waals surface area contributed by atoms with Crippen LogP contribution in [0.3, 0.4) is 0 Å². The molecule has 0 fully saturated rings. The van der Waals surface area contributed by atoms with Crippen LogP contribution in [0.1, 0.15) is 1.43 Å². The van der Waals surface area contributed by atoms with E-state index in [4.69, 9.17) is 0 Å². The van der Waals surface area contributed by atoms with Crippen molar-refractivity contribution in [3.63, 3.8) is 0 Å².